The lowest BCUT2D eigenvalue weighted by molar-refractivity contribution is -0.127. The Morgan fingerprint density at radius 2 is 2.05 bits per heavy atom. The Bertz CT molecular complexity index is 445. The monoisotopic (exact) mass is 278 g/mol. The van der Waals surface area contributed by atoms with Gasteiger partial charge in [-0.15, -0.1) is 13.2 Å². The molecule has 0 saturated heterocycles. The summed E-state index contributed by atoms with van der Waals surface area (Å²) in [6.45, 7) is 10.1. The van der Waals surface area contributed by atoms with Crippen LogP contribution >= 0.6 is 11.8 Å². The smallest absolute Gasteiger partial charge is 0.233 e. The number of hydrogen-bond donors (Lipinski definition) is 1. The van der Waals surface area contributed by atoms with Gasteiger partial charge in [0, 0.05) is 24.8 Å². The fourth-order valence-corrected chi connectivity index (χ4v) is 2.25. The van der Waals surface area contributed by atoms with Crippen molar-refractivity contribution in [3.8, 4) is 0 Å². The number of nitrogens with two attached hydrogens (primary N) is 1. The van der Waals surface area contributed by atoms with Crippen LogP contribution in [0.3, 0.4) is 0 Å². The molecule has 0 radical (unpaired) electrons. The first kappa shape index (κ1) is 15.2. The fraction of sp³-hybridized carbons (Fsp3) is 0.308. The third-order valence-electron chi connectivity index (χ3n) is 2.23. The molecule has 0 spiro atoms. The summed E-state index contributed by atoms with van der Waals surface area (Å²) in [6, 6.07) is 1.69. The zero-order valence-electron chi connectivity index (χ0n) is 11.0. The zero-order chi connectivity index (χ0) is 14.3. The number of nitrogen functional groups attached to an aromatic ring is 1. The third kappa shape index (κ3) is 5.13. The largest absolute Gasteiger partial charge is 0.384 e. The van der Waals surface area contributed by atoms with Crippen LogP contribution in [0.2, 0.25) is 0 Å². The summed E-state index contributed by atoms with van der Waals surface area (Å²) >= 11 is 1.27. The molecule has 0 aliphatic heterocycles. The maximum atomic E-state index is 12.0. The third-order valence-corrected chi connectivity index (χ3v) is 3.06. The summed E-state index contributed by atoms with van der Waals surface area (Å²) in [5.74, 6) is 0.676. The second kappa shape index (κ2) is 7.58. The standard InChI is InChI=1S/C13H18N4OS/c1-4-6-17(7-5-2)12(18)9-19-13-15-10(3)8-11(14)16-13/h4-5,8H,1-2,6-7,9H2,3H3,(H2,14,15,16). The van der Waals surface area contributed by atoms with Crippen molar-refractivity contribution in [2.75, 3.05) is 24.6 Å². The lowest BCUT2D eigenvalue weighted by atomic mass is 10.4. The summed E-state index contributed by atoms with van der Waals surface area (Å²) < 4.78 is 0. The molecule has 2 N–H and O–H groups in total. The van der Waals surface area contributed by atoms with Crippen LogP contribution in [0.15, 0.2) is 36.5 Å². The van der Waals surface area contributed by atoms with Gasteiger partial charge in [-0.1, -0.05) is 23.9 Å². The highest BCUT2D eigenvalue weighted by atomic mass is 32.2. The highest BCUT2D eigenvalue weighted by Gasteiger charge is 2.12. The molecule has 0 unspecified atom stereocenters. The van der Waals surface area contributed by atoms with Crippen molar-refractivity contribution in [2.45, 2.75) is 12.1 Å². The van der Waals surface area contributed by atoms with Gasteiger partial charge < -0.3 is 10.6 Å². The fourth-order valence-electron chi connectivity index (χ4n) is 1.44. The molecule has 1 amide bonds. The Kier molecular flexibility index (Phi) is 6.08. The van der Waals surface area contributed by atoms with Crippen molar-refractivity contribution < 1.29 is 4.79 Å². The zero-order valence-corrected chi connectivity index (χ0v) is 11.8. The minimum Gasteiger partial charge on any atom is -0.384 e. The number of rotatable bonds is 7. The molecule has 1 heterocycles. The van der Waals surface area contributed by atoms with Crippen LogP contribution in [-0.4, -0.2) is 39.6 Å². The lowest BCUT2D eigenvalue weighted by Gasteiger charge is -2.18. The average Bonchev–Trinajstić information content (AvgIpc) is 2.34. The minimum absolute atomic E-state index is 0.00604. The van der Waals surface area contributed by atoms with Gasteiger partial charge in [0.15, 0.2) is 5.16 Å². The molecule has 5 nitrogen and oxygen atoms in total. The first-order valence-corrected chi connectivity index (χ1v) is 6.79. The molecule has 0 atom stereocenters. The van der Waals surface area contributed by atoms with Crippen LogP contribution in [0, 0.1) is 6.92 Å². The van der Waals surface area contributed by atoms with E-state index in [-0.39, 0.29) is 11.7 Å². The first-order valence-electron chi connectivity index (χ1n) is 5.80. The molecule has 0 aliphatic rings. The molecule has 0 aliphatic carbocycles. The number of anilines is 1. The molecule has 102 valence electrons. The van der Waals surface area contributed by atoms with Gasteiger partial charge in [0.2, 0.25) is 5.91 Å². The Hall–Kier alpha value is -1.82. The summed E-state index contributed by atoms with van der Waals surface area (Å²) in [5, 5.41) is 0.517. The van der Waals surface area contributed by atoms with Crippen molar-refractivity contribution in [3.63, 3.8) is 0 Å². The van der Waals surface area contributed by atoms with E-state index in [1.54, 1.807) is 23.1 Å². The highest BCUT2D eigenvalue weighted by Crippen LogP contribution is 2.15. The molecule has 0 bridgehead atoms. The summed E-state index contributed by atoms with van der Waals surface area (Å²) in [4.78, 5) is 21.9. The summed E-state index contributed by atoms with van der Waals surface area (Å²) in [7, 11) is 0. The summed E-state index contributed by atoms with van der Waals surface area (Å²) in [5.41, 5.74) is 6.42. The molecule has 19 heavy (non-hydrogen) atoms. The van der Waals surface area contributed by atoms with E-state index in [1.165, 1.54) is 11.8 Å². The highest BCUT2D eigenvalue weighted by molar-refractivity contribution is 7.99. The van der Waals surface area contributed by atoms with E-state index in [9.17, 15) is 4.79 Å². The van der Waals surface area contributed by atoms with Gasteiger partial charge >= 0.3 is 0 Å². The molecule has 0 aromatic carbocycles. The average molecular weight is 278 g/mol. The van der Waals surface area contributed by atoms with Gasteiger partial charge in [0.1, 0.15) is 5.82 Å². The van der Waals surface area contributed by atoms with Crippen LogP contribution < -0.4 is 5.73 Å². The quantitative estimate of drug-likeness (QED) is 0.466. The lowest BCUT2D eigenvalue weighted by Crippen LogP contribution is -2.32. The molecule has 0 fully saturated rings. The number of aryl methyl sites for hydroxylation is 1. The number of hydrogen-bond acceptors (Lipinski definition) is 5. The van der Waals surface area contributed by atoms with E-state index in [0.29, 0.717) is 24.1 Å². The Morgan fingerprint density at radius 3 is 2.58 bits per heavy atom. The number of aromatic nitrogens is 2. The van der Waals surface area contributed by atoms with Gasteiger partial charge in [-0.3, -0.25) is 4.79 Å². The van der Waals surface area contributed by atoms with Crippen molar-refractivity contribution in [1.82, 2.24) is 14.9 Å². The van der Waals surface area contributed by atoms with Gasteiger partial charge in [-0.05, 0) is 6.92 Å². The van der Waals surface area contributed by atoms with Gasteiger partial charge in [0.05, 0.1) is 5.75 Å². The number of carbonyl (C=O) groups excluding carboxylic acids is 1. The van der Waals surface area contributed by atoms with Crippen LogP contribution in [-0.2, 0) is 4.79 Å². The van der Waals surface area contributed by atoms with E-state index in [2.05, 4.69) is 23.1 Å². The van der Waals surface area contributed by atoms with Crippen LogP contribution in [0.25, 0.3) is 0 Å². The molecule has 1 rings (SSSR count). The van der Waals surface area contributed by atoms with Gasteiger partial charge in [0.25, 0.3) is 0 Å². The predicted molar refractivity (Wildman–Crippen MR) is 78.9 cm³/mol. The normalized spacial score (nSPS) is 9.95. The van der Waals surface area contributed by atoms with E-state index < -0.39 is 0 Å². The van der Waals surface area contributed by atoms with Crippen molar-refractivity contribution in [3.05, 3.63) is 37.1 Å². The van der Waals surface area contributed by atoms with Crippen LogP contribution in [0.1, 0.15) is 5.69 Å². The molecular weight excluding hydrogens is 260 g/mol. The van der Waals surface area contributed by atoms with Crippen molar-refractivity contribution in [1.29, 1.82) is 0 Å². The number of nitrogens with zero attached hydrogens (tertiary/aromatic N) is 3. The molecule has 0 saturated carbocycles. The van der Waals surface area contributed by atoms with E-state index in [4.69, 9.17) is 5.73 Å². The van der Waals surface area contributed by atoms with Crippen molar-refractivity contribution >= 4 is 23.5 Å². The molecule has 1 aromatic heterocycles. The predicted octanol–water partition coefficient (Wildman–Crippen LogP) is 1.66. The van der Waals surface area contributed by atoms with Crippen molar-refractivity contribution in [2.24, 2.45) is 0 Å². The minimum atomic E-state index is -0.00604. The second-order valence-electron chi connectivity index (χ2n) is 3.88. The molecule has 6 heteroatoms. The van der Waals surface area contributed by atoms with Crippen LogP contribution in [0.5, 0.6) is 0 Å². The Morgan fingerprint density at radius 1 is 1.42 bits per heavy atom. The SMILES string of the molecule is C=CCN(CC=C)C(=O)CSc1nc(C)cc(N)n1. The Labute approximate surface area is 117 Å². The molecule has 1 aromatic rings. The van der Waals surface area contributed by atoms with Gasteiger partial charge in [-0.25, -0.2) is 9.97 Å². The van der Waals surface area contributed by atoms with Gasteiger partial charge in [-0.2, -0.15) is 0 Å². The topological polar surface area (TPSA) is 72.1 Å². The maximum Gasteiger partial charge on any atom is 0.233 e. The van der Waals surface area contributed by atoms with E-state index >= 15 is 0 Å². The Balaban J connectivity index is 2.61. The number of carbonyl (C=O) groups is 1. The van der Waals surface area contributed by atoms with E-state index in [1.807, 2.05) is 6.92 Å². The van der Waals surface area contributed by atoms with Crippen LogP contribution in [0.4, 0.5) is 5.82 Å². The number of thioether (sulfide) groups is 1. The maximum absolute atomic E-state index is 12.0. The van der Waals surface area contributed by atoms with E-state index in [0.717, 1.165) is 5.69 Å². The first-order chi connectivity index (χ1) is 9.06. The summed E-state index contributed by atoms with van der Waals surface area (Å²) in [6.07, 6.45) is 3.38. The number of amides is 1. The molecular formula is C13H18N4OS. The second-order valence-corrected chi connectivity index (χ2v) is 4.82.